The number of benzene rings is 1. The zero-order valence-corrected chi connectivity index (χ0v) is 16.9. The van der Waals surface area contributed by atoms with Crippen molar-refractivity contribution in [2.24, 2.45) is 0 Å². The van der Waals surface area contributed by atoms with Crippen molar-refractivity contribution in [3.63, 3.8) is 0 Å². The molecule has 6 nitrogen and oxygen atoms in total. The van der Waals surface area contributed by atoms with E-state index < -0.39 is 0 Å². The third-order valence-corrected chi connectivity index (χ3v) is 6.65. The van der Waals surface area contributed by atoms with Crippen LogP contribution in [0.3, 0.4) is 0 Å². The Morgan fingerprint density at radius 2 is 2.07 bits per heavy atom. The van der Waals surface area contributed by atoms with Gasteiger partial charge in [-0.05, 0) is 37.5 Å². The average molecular weight is 404 g/mol. The Labute approximate surface area is 171 Å². The number of pyridine rings is 1. The van der Waals surface area contributed by atoms with Crippen molar-refractivity contribution in [2.45, 2.75) is 39.2 Å². The topological polar surface area (TPSA) is 76.9 Å². The molecule has 4 aromatic rings. The molecule has 0 spiro atoms. The number of nitrogens with one attached hydrogen (secondary N) is 1. The van der Waals surface area contributed by atoms with Gasteiger partial charge in [0.1, 0.15) is 10.7 Å². The van der Waals surface area contributed by atoms with E-state index in [1.54, 1.807) is 10.8 Å². The number of hydrogen-bond donors (Lipinski definition) is 1. The van der Waals surface area contributed by atoms with Crippen LogP contribution in [0, 0.1) is 6.92 Å². The third-order valence-electron chi connectivity index (χ3n) is 5.47. The maximum absolute atomic E-state index is 13.1. The molecule has 146 valence electrons. The normalized spacial score (nSPS) is 14.0. The number of nitrogens with zero attached hydrogens (tertiary/aromatic N) is 3. The van der Waals surface area contributed by atoms with Crippen LogP contribution in [0.4, 0.5) is 5.69 Å². The SMILES string of the molecule is Cc1c(C(=O)Nc2cnc3ccccc3c2)sc2nc3n(c(=O)c12)CCCCC3. The largest absolute Gasteiger partial charge is 0.320 e. The van der Waals surface area contributed by atoms with Gasteiger partial charge in [0.2, 0.25) is 0 Å². The Balaban J connectivity index is 1.53. The van der Waals surface area contributed by atoms with Crippen molar-refractivity contribution in [3.05, 3.63) is 63.1 Å². The van der Waals surface area contributed by atoms with Gasteiger partial charge >= 0.3 is 0 Å². The average Bonchev–Trinajstić information content (AvgIpc) is 2.89. The lowest BCUT2D eigenvalue weighted by molar-refractivity contribution is 0.103. The number of thiophene rings is 1. The molecule has 1 aromatic carbocycles. The number of rotatable bonds is 2. The van der Waals surface area contributed by atoms with Gasteiger partial charge in [-0.25, -0.2) is 4.98 Å². The maximum Gasteiger partial charge on any atom is 0.266 e. The molecule has 29 heavy (non-hydrogen) atoms. The highest BCUT2D eigenvalue weighted by atomic mass is 32.1. The third kappa shape index (κ3) is 3.11. The van der Waals surface area contributed by atoms with E-state index in [1.807, 2.05) is 37.3 Å². The van der Waals surface area contributed by atoms with Crippen LogP contribution < -0.4 is 10.9 Å². The van der Waals surface area contributed by atoms with Crippen LogP contribution in [0.15, 0.2) is 41.3 Å². The molecule has 0 saturated heterocycles. The summed E-state index contributed by atoms with van der Waals surface area (Å²) in [5.74, 6) is 0.606. The fourth-order valence-electron chi connectivity index (χ4n) is 3.95. The smallest absolute Gasteiger partial charge is 0.266 e. The fourth-order valence-corrected chi connectivity index (χ4v) is 5.04. The molecular formula is C22H20N4O2S. The highest BCUT2D eigenvalue weighted by Crippen LogP contribution is 2.29. The standard InChI is InChI=1S/C22H20N4O2S/c1-13-18-21(25-17-9-3-2-6-10-26(17)22(18)28)29-19(13)20(27)24-15-11-14-7-4-5-8-16(14)23-12-15/h4-5,7-8,11-12H,2-3,6,9-10H2,1H3,(H,24,27). The van der Waals surface area contributed by atoms with Crippen LogP contribution in [-0.2, 0) is 13.0 Å². The summed E-state index contributed by atoms with van der Waals surface area (Å²) in [7, 11) is 0. The van der Waals surface area contributed by atoms with Gasteiger partial charge in [0, 0.05) is 18.4 Å². The zero-order valence-electron chi connectivity index (χ0n) is 16.1. The molecule has 0 aliphatic carbocycles. The second kappa shape index (κ2) is 7.08. The van der Waals surface area contributed by atoms with Gasteiger partial charge in [0.25, 0.3) is 11.5 Å². The molecule has 1 aliphatic rings. The van der Waals surface area contributed by atoms with E-state index in [0.717, 1.165) is 42.4 Å². The number of carbonyl (C=O) groups excluding carboxylic acids is 1. The Bertz CT molecular complexity index is 1320. The number of aromatic nitrogens is 3. The van der Waals surface area contributed by atoms with Gasteiger partial charge in [-0.2, -0.15) is 0 Å². The number of carbonyl (C=O) groups is 1. The molecule has 1 N–H and O–H groups in total. The van der Waals surface area contributed by atoms with Crippen molar-refractivity contribution < 1.29 is 4.79 Å². The first-order valence-electron chi connectivity index (χ1n) is 9.81. The number of para-hydroxylation sites is 1. The predicted octanol–water partition coefficient (Wildman–Crippen LogP) is 4.29. The van der Waals surface area contributed by atoms with E-state index in [0.29, 0.717) is 32.9 Å². The number of amides is 1. The van der Waals surface area contributed by atoms with E-state index in [2.05, 4.69) is 10.3 Å². The Hall–Kier alpha value is -3.06. The van der Waals surface area contributed by atoms with Gasteiger partial charge in [-0.3, -0.25) is 19.1 Å². The second-order valence-corrected chi connectivity index (χ2v) is 8.40. The van der Waals surface area contributed by atoms with Gasteiger partial charge in [0.05, 0.1) is 27.7 Å². The molecule has 7 heteroatoms. The summed E-state index contributed by atoms with van der Waals surface area (Å²) in [6.45, 7) is 2.54. The molecule has 3 aromatic heterocycles. The number of aryl methyl sites for hydroxylation is 2. The summed E-state index contributed by atoms with van der Waals surface area (Å²) in [5, 5.41) is 4.46. The minimum Gasteiger partial charge on any atom is -0.320 e. The van der Waals surface area contributed by atoms with Crippen molar-refractivity contribution in [1.82, 2.24) is 14.5 Å². The summed E-state index contributed by atoms with van der Waals surface area (Å²) in [4.78, 5) is 36.3. The highest BCUT2D eigenvalue weighted by Gasteiger charge is 2.22. The van der Waals surface area contributed by atoms with Gasteiger partial charge in [-0.1, -0.05) is 24.6 Å². The second-order valence-electron chi connectivity index (χ2n) is 7.40. The van der Waals surface area contributed by atoms with Gasteiger partial charge < -0.3 is 5.32 Å². The monoisotopic (exact) mass is 404 g/mol. The van der Waals surface area contributed by atoms with Crippen LogP contribution in [-0.4, -0.2) is 20.4 Å². The Kier molecular flexibility index (Phi) is 4.39. The summed E-state index contributed by atoms with van der Waals surface area (Å²) >= 11 is 1.29. The fraction of sp³-hybridized carbons (Fsp3) is 0.273. The molecule has 0 atom stereocenters. The van der Waals surface area contributed by atoms with E-state index in [4.69, 9.17) is 4.98 Å². The first-order chi connectivity index (χ1) is 14.1. The quantitative estimate of drug-likeness (QED) is 0.541. The van der Waals surface area contributed by atoms with E-state index in [9.17, 15) is 9.59 Å². The minimum atomic E-state index is -0.234. The van der Waals surface area contributed by atoms with Gasteiger partial charge in [0.15, 0.2) is 0 Å². The van der Waals surface area contributed by atoms with Crippen molar-refractivity contribution in [1.29, 1.82) is 0 Å². The Morgan fingerprint density at radius 1 is 1.21 bits per heavy atom. The van der Waals surface area contributed by atoms with Crippen molar-refractivity contribution in [3.8, 4) is 0 Å². The summed E-state index contributed by atoms with van der Waals surface area (Å²) in [6, 6.07) is 9.66. The lowest BCUT2D eigenvalue weighted by Crippen LogP contribution is -2.24. The summed E-state index contributed by atoms with van der Waals surface area (Å²) < 4.78 is 1.80. The predicted molar refractivity (Wildman–Crippen MR) is 116 cm³/mol. The van der Waals surface area contributed by atoms with Crippen LogP contribution in [0.5, 0.6) is 0 Å². The van der Waals surface area contributed by atoms with E-state index >= 15 is 0 Å². The Morgan fingerprint density at radius 3 is 2.97 bits per heavy atom. The molecule has 1 aliphatic heterocycles. The zero-order chi connectivity index (χ0) is 20.0. The molecule has 0 unspecified atom stereocenters. The molecule has 5 rings (SSSR count). The summed E-state index contributed by atoms with van der Waals surface area (Å²) in [6.07, 6.45) is 5.61. The lowest BCUT2D eigenvalue weighted by atomic mass is 10.2. The molecule has 0 fully saturated rings. The molecule has 0 radical (unpaired) electrons. The minimum absolute atomic E-state index is 0.0212. The maximum atomic E-state index is 13.1. The van der Waals surface area contributed by atoms with E-state index in [-0.39, 0.29) is 11.5 Å². The molecule has 4 heterocycles. The summed E-state index contributed by atoms with van der Waals surface area (Å²) in [5.41, 5.74) is 2.19. The molecule has 1 amide bonds. The first-order valence-corrected chi connectivity index (χ1v) is 10.6. The van der Waals surface area contributed by atoms with Crippen LogP contribution in [0.25, 0.3) is 21.1 Å². The van der Waals surface area contributed by atoms with Crippen molar-refractivity contribution >= 4 is 44.1 Å². The van der Waals surface area contributed by atoms with Crippen LogP contribution in [0.1, 0.15) is 40.3 Å². The molecule has 0 saturated carbocycles. The number of hydrogen-bond acceptors (Lipinski definition) is 5. The highest BCUT2D eigenvalue weighted by molar-refractivity contribution is 7.20. The lowest BCUT2D eigenvalue weighted by Gasteiger charge is -2.08. The first kappa shape index (κ1) is 18.0. The molecule has 0 bridgehead atoms. The number of anilines is 1. The number of fused-ring (bicyclic) bond motifs is 3. The van der Waals surface area contributed by atoms with Crippen LogP contribution in [0.2, 0.25) is 0 Å². The molecular weight excluding hydrogens is 384 g/mol. The van der Waals surface area contributed by atoms with Crippen LogP contribution >= 0.6 is 11.3 Å². The van der Waals surface area contributed by atoms with E-state index in [1.165, 1.54) is 11.3 Å². The van der Waals surface area contributed by atoms with Crippen molar-refractivity contribution in [2.75, 3.05) is 5.32 Å². The van der Waals surface area contributed by atoms with Gasteiger partial charge in [-0.15, -0.1) is 11.3 Å².